The molecule has 1 saturated heterocycles. The second kappa shape index (κ2) is 7.44. The molecule has 1 aromatic heterocycles. The summed E-state index contributed by atoms with van der Waals surface area (Å²) >= 11 is 1.29. The molecule has 152 valence electrons. The Hall–Kier alpha value is -2.00. The Morgan fingerprint density at radius 1 is 1.29 bits per heavy atom. The van der Waals surface area contributed by atoms with E-state index in [9.17, 15) is 22.4 Å². The van der Waals surface area contributed by atoms with Crippen LogP contribution in [0.15, 0.2) is 29.4 Å². The van der Waals surface area contributed by atoms with E-state index in [1.807, 2.05) is 31.5 Å². The predicted octanol–water partition coefficient (Wildman–Crippen LogP) is 3.97. The van der Waals surface area contributed by atoms with Gasteiger partial charge in [0.2, 0.25) is 0 Å². The molecule has 0 aliphatic carbocycles. The number of alkyl halides is 3. The smallest absolute Gasteiger partial charge is 0.323 e. The number of carbonyl (C=O) groups excluding carboxylic acids is 1. The van der Waals surface area contributed by atoms with Gasteiger partial charge in [-0.2, -0.15) is 18.2 Å². The average molecular weight is 415 g/mol. The highest BCUT2D eigenvalue weighted by Gasteiger charge is 2.32. The molecule has 1 aromatic carbocycles. The molecule has 2 heterocycles. The second-order valence-electron chi connectivity index (χ2n) is 7.91. The number of nitrogens with zero attached hydrogens (tertiary/aromatic N) is 2. The van der Waals surface area contributed by atoms with Crippen molar-refractivity contribution in [2.75, 3.05) is 13.1 Å². The van der Waals surface area contributed by atoms with Crippen LogP contribution in [0.25, 0.3) is 0 Å². The number of aromatic nitrogens is 1. The van der Waals surface area contributed by atoms with Crippen LogP contribution >= 0.6 is 11.3 Å². The number of halogens is 4. The Labute approximate surface area is 163 Å². The van der Waals surface area contributed by atoms with Crippen LogP contribution in [0.4, 0.5) is 17.6 Å². The zero-order valence-corrected chi connectivity index (χ0v) is 16.5. The molecule has 1 amide bonds. The summed E-state index contributed by atoms with van der Waals surface area (Å²) in [6, 6.07) is 1.77. The van der Waals surface area contributed by atoms with Crippen molar-refractivity contribution in [1.29, 1.82) is 0 Å². The van der Waals surface area contributed by atoms with Gasteiger partial charge < -0.3 is 9.88 Å². The lowest BCUT2D eigenvalue weighted by molar-refractivity contribution is -0.137. The minimum Gasteiger partial charge on any atom is -0.323 e. The number of amides is 1. The van der Waals surface area contributed by atoms with Gasteiger partial charge in [-0.3, -0.25) is 4.79 Å². The third-order valence-electron chi connectivity index (χ3n) is 4.50. The van der Waals surface area contributed by atoms with E-state index in [1.165, 1.54) is 11.3 Å². The van der Waals surface area contributed by atoms with Crippen LogP contribution in [0.3, 0.4) is 0 Å². The van der Waals surface area contributed by atoms with Crippen LogP contribution < -0.4 is 10.1 Å². The molecule has 1 fully saturated rings. The number of benzene rings is 1. The van der Waals surface area contributed by atoms with Gasteiger partial charge in [-0.05, 0) is 23.6 Å². The summed E-state index contributed by atoms with van der Waals surface area (Å²) in [7, 11) is 0. The van der Waals surface area contributed by atoms with Gasteiger partial charge in [0.1, 0.15) is 5.82 Å². The standard InChI is InChI=1S/C19H21F4N3OS/c1-18(2,3)15-10-26(9-11-7-24-8-11)17(28-15)25-16(27)13-6-12(19(21,22)23)4-5-14(13)20/h4-6,10-11,24H,7-9H2,1-3H3. The average Bonchev–Trinajstić information content (AvgIpc) is 2.93. The molecule has 0 atom stereocenters. The number of hydrogen-bond donors (Lipinski definition) is 1. The summed E-state index contributed by atoms with van der Waals surface area (Å²) in [5, 5.41) is 3.17. The predicted molar refractivity (Wildman–Crippen MR) is 98.7 cm³/mol. The molecule has 1 aliphatic rings. The molecular formula is C19H21F4N3OS. The Kier molecular flexibility index (Phi) is 5.51. The molecule has 28 heavy (non-hydrogen) atoms. The summed E-state index contributed by atoms with van der Waals surface area (Å²) < 4.78 is 54.6. The van der Waals surface area contributed by atoms with Crippen LogP contribution in [-0.2, 0) is 18.1 Å². The van der Waals surface area contributed by atoms with Gasteiger partial charge in [0, 0.05) is 36.6 Å². The molecule has 0 bridgehead atoms. The molecule has 2 aromatic rings. The Morgan fingerprint density at radius 3 is 2.50 bits per heavy atom. The first-order chi connectivity index (χ1) is 12.9. The molecule has 3 rings (SSSR count). The lowest BCUT2D eigenvalue weighted by atomic mass is 9.95. The van der Waals surface area contributed by atoms with Crippen molar-refractivity contribution in [1.82, 2.24) is 9.88 Å². The molecule has 0 spiro atoms. The van der Waals surface area contributed by atoms with E-state index in [0.717, 1.165) is 18.0 Å². The molecule has 0 saturated carbocycles. The van der Waals surface area contributed by atoms with Crippen molar-refractivity contribution < 1.29 is 22.4 Å². The number of thiazole rings is 1. The van der Waals surface area contributed by atoms with E-state index >= 15 is 0 Å². The van der Waals surface area contributed by atoms with E-state index in [1.54, 1.807) is 0 Å². The van der Waals surface area contributed by atoms with E-state index in [0.29, 0.717) is 35.5 Å². The first kappa shape index (κ1) is 20.7. The molecule has 1 aliphatic heterocycles. The first-order valence-corrected chi connectivity index (χ1v) is 9.64. The van der Waals surface area contributed by atoms with Crippen LogP contribution in [-0.4, -0.2) is 23.6 Å². The van der Waals surface area contributed by atoms with Gasteiger partial charge in [-0.25, -0.2) is 4.39 Å². The molecule has 0 radical (unpaired) electrons. The second-order valence-corrected chi connectivity index (χ2v) is 8.92. The molecule has 0 unspecified atom stereocenters. The zero-order valence-electron chi connectivity index (χ0n) is 15.7. The minimum atomic E-state index is -4.66. The van der Waals surface area contributed by atoms with Gasteiger partial charge in [0.15, 0.2) is 4.80 Å². The van der Waals surface area contributed by atoms with E-state index in [-0.39, 0.29) is 5.41 Å². The fourth-order valence-corrected chi connectivity index (χ4v) is 3.77. The van der Waals surface area contributed by atoms with Crippen LogP contribution in [0, 0.1) is 11.7 Å². The third kappa shape index (κ3) is 4.52. The summed E-state index contributed by atoms with van der Waals surface area (Å²) in [5.41, 5.74) is -1.94. The fraction of sp³-hybridized carbons (Fsp3) is 0.474. The number of hydrogen-bond acceptors (Lipinski definition) is 3. The largest absolute Gasteiger partial charge is 0.416 e. The maximum Gasteiger partial charge on any atom is 0.416 e. The van der Waals surface area contributed by atoms with Crippen LogP contribution in [0.5, 0.6) is 0 Å². The highest BCUT2D eigenvalue weighted by atomic mass is 32.1. The number of rotatable bonds is 3. The topological polar surface area (TPSA) is 46.4 Å². The van der Waals surface area contributed by atoms with Crippen molar-refractivity contribution in [2.24, 2.45) is 10.9 Å². The van der Waals surface area contributed by atoms with Crippen molar-refractivity contribution in [3.63, 3.8) is 0 Å². The normalized spacial score (nSPS) is 16.3. The van der Waals surface area contributed by atoms with Crippen molar-refractivity contribution in [2.45, 2.75) is 38.9 Å². The van der Waals surface area contributed by atoms with Crippen LogP contribution in [0.2, 0.25) is 0 Å². The molecule has 4 nitrogen and oxygen atoms in total. The molecule has 9 heteroatoms. The number of carbonyl (C=O) groups is 1. The van der Waals surface area contributed by atoms with Gasteiger partial charge in [0.25, 0.3) is 5.91 Å². The zero-order chi connectivity index (χ0) is 20.7. The maximum atomic E-state index is 14.0. The number of nitrogens with one attached hydrogen (secondary N) is 1. The lowest BCUT2D eigenvalue weighted by Crippen LogP contribution is -2.45. The highest BCUT2D eigenvalue weighted by molar-refractivity contribution is 7.09. The SMILES string of the molecule is CC(C)(C)c1cn(CC2CNC2)c(=NC(=O)c2cc(C(F)(F)F)ccc2F)s1. The van der Waals surface area contributed by atoms with Crippen molar-refractivity contribution in [3.8, 4) is 0 Å². The Balaban J connectivity index is 2.02. The van der Waals surface area contributed by atoms with E-state index in [4.69, 9.17) is 0 Å². The first-order valence-electron chi connectivity index (χ1n) is 8.82. The summed E-state index contributed by atoms with van der Waals surface area (Å²) in [5.74, 6) is -1.66. The molecular weight excluding hydrogens is 394 g/mol. The minimum absolute atomic E-state index is 0.178. The summed E-state index contributed by atoms with van der Waals surface area (Å²) in [6.07, 6.45) is -2.75. The van der Waals surface area contributed by atoms with Gasteiger partial charge in [-0.1, -0.05) is 20.8 Å². The summed E-state index contributed by atoms with van der Waals surface area (Å²) in [4.78, 5) is 17.8. The van der Waals surface area contributed by atoms with Crippen LogP contribution in [0.1, 0.15) is 41.6 Å². The van der Waals surface area contributed by atoms with Gasteiger partial charge in [0.05, 0.1) is 11.1 Å². The lowest BCUT2D eigenvalue weighted by Gasteiger charge is -2.27. The van der Waals surface area contributed by atoms with Crippen molar-refractivity contribution >= 4 is 17.2 Å². The van der Waals surface area contributed by atoms with Gasteiger partial charge >= 0.3 is 6.18 Å². The van der Waals surface area contributed by atoms with E-state index < -0.39 is 29.0 Å². The molecule has 1 N–H and O–H groups in total. The maximum absolute atomic E-state index is 14.0. The van der Waals surface area contributed by atoms with E-state index in [2.05, 4.69) is 10.3 Å². The van der Waals surface area contributed by atoms with Gasteiger partial charge in [-0.15, -0.1) is 11.3 Å². The fourth-order valence-electron chi connectivity index (χ4n) is 2.71. The Morgan fingerprint density at radius 2 is 1.96 bits per heavy atom. The van der Waals surface area contributed by atoms with Crippen molar-refractivity contribution in [3.05, 3.63) is 51.0 Å². The quantitative estimate of drug-likeness (QED) is 0.772. The Bertz CT molecular complexity index is 949. The third-order valence-corrected chi connectivity index (χ3v) is 5.95. The monoisotopic (exact) mass is 415 g/mol. The highest BCUT2D eigenvalue weighted by Crippen LogP contribution is 2.30. The summed E-state index contributed by atoms with van der Waals surface area (Å²) in [6.45, 7) is 8.40.